The maximum absolute atomic E-state index is 12.9. The van der Waals surface area contributed by atoms with Crippen molar-refractivity contribution in [3.05, 3.63) is 58.7 Å². The summed E-state index contributed by atoms with van der Waals surface area (Å²) in [7, 11) is 0. The molecule has 0 fully saturated rings. The Morgan fingerprint density at radius 1 is 1.20 bits per heavy atom. The maximum Gasteiger partial charge on any atom is 0.272 e. The summed E-state index contributed by atoms with van der Waals surface area (Å²) in [5.74, 6) is 0.748. The lowest BCUT2D eigenvalue weighted by molar-refractivity contribution is 0.101. The van der Waals surface area contributed by atoms with Gasteiger partial charge in [-0.1, -0.05) is 13.3 Å². The van der Waals surface area contributed by atoms with E-state index in [-0.39, 0.29) is 11.7 Å². The van der Waals surface area contributed by atoms with Gasteiger partial charge in [0.2, 0.25) is 0 Å². The second-order valence-electron chi connectivity index (χ2n) is 8.00. The first-order valence-electron chi connectivity index (χ1n) is 10.7. The minimum atomic E-state index is -0.222. The van der Waals surface area contributed by atoms with E-state index in [0.29, 0.717) is 23.4 Å². The molecule has 30 heavy (non-hydrogen) atoms. The van der Waals surface area contributed by atoms with Crippen molar-refractivity contribution in [3.63, 3.8) is 0 Å². The minimum absolute atomic E-state index is 0.0152. The van der Waals surface area contributed by atoms with Gasteiger partial charge in [-0.25, -0.2) is 4.98 Å². The summed E-state index contributed by atoms with van der Waals surface area (Å²) in [5, 5.41) is 2.96. The number of fused-ring (bicyclic) bond motifs is 1. The molecule has 0 saturated carbocycles. The average Bonchev–Trinajstić information content (AvgIpc) is 3.30. The standard InChI is InChI=1S/C24H28N4O2/c1-4-7-20-21(16(3)29)15(2)26-22(20)24(30)27-18-11-9-17(10-12-18)23-25-14-19-8-5-6-13-28(19)23/h9-12,14,26H,4-8,13H2,1-3H3,(H,27,30). The molecule has 1 aliphatic rings. The number of nitrogens with zero attached hydrogens (tertiary/aromatic N) is 2. The second kappa shape index (κ2) is 8.30. The number of aromatic amines is 1. The number of H-pyrrole nitrogens is 1. The molecular weight excluding hydrogens is 376 g/mol. The number of nitrogens with one attached hydrogen (secondary N) is 2. The van der Waals surface area contributed by atoms with Gasteiger partial charge in [-0.3, -0.25) is 9.59 Å². The van der Waals surface area contributed by atoms with Crippen LogP contribution in [0.25, 0.3) is 11.4 Å². The third-order valence-electron chi connectivity index (χ3n) is 5.77. The summed E-state index contributed by atoms with van der Waals surface area (Å²) in [6, 6.07) is 7.79. The first-order chi connectivity index (χ1) is 14.5. The highest BCUT2D eigenvalue weighted by atomic mass is 16.2. The number of ketones is 1. The molecule has 4 rings (SSSR count). The third-order valence-corrected chi connectivity index (χ3v) is 5.77. The molecule has 1 aliphatic heterocycles. The summed E-state index contributed by atoms with van der Waals surface area (Å²) >= 11 is 0. The van der Waals surface area contributed by atoms with E-state index in [1.807, 2.05) is 44.3 Å². The summed E-state index contributed by atoms with van der Waals surface area (Å²) in [5.41, 5.74) is 5.72. The van der Waals surface area contributed by atoms with Gasteiger partial charge in [0.15, 0.2) is 5.78 Å². The van der Waals surface area contributed by atoms with Crippen molar-refractivity contribution >= 4 is 17.4 Å². The first kappa shape index (κ1) is 20.1. The van der Waals surface area contributed by atoms with Crippen LogP contribution in [-0.2, 0) is 19.4 Å². The molecule has 0 unspecified atom stereocenters. The number of carbonyl (C=O) groups excluding carboxylic acids is 2. The van der Waals surface area contributed by atoms with Crippen LogP contribution in [0.1, 0.15) is 70.9 Å². The second-order valence-corrected chi connectivity index (χ2v) is 8.00. The summed E-state index contributed by atoms with van der Waals surface area (Å²) in [4.78, 5) is 32.7. The van der Waals surface area contributed by atoms with Crippen LogP contribution in [0.2, 0.25) is 0 Å². The third kappa shape index (κ3) is 3.70. The smallest absolute Gasteiger partial charge is 0.272 e. The van der Waals surface area contributed by atoms with Crippen molar-refractivity contribution in [3.8, 4) is 11.4 Å². The van der Waals surface area contributed by atoms with E-state index in [9.17, 15) is 9.59 Å². The predicted octanol–water partition coefficient (Wildman–Crippen LogP) is 4.93. The largest absolute Gasteiger partial charge is 0.354 e. The molecule has 0 aliphatic carbocycles. The van der Waals surface area contributed by atoms with Gasteiger partial charge in [0, 0.05) is 40.9 Å². The Balaban J connectivity index is 1.56. The normalized spacial score (nSPS) is 13.2. The Bertz CT molecular complexity index is 1090. The Morgan fingerprint density at radius 3 is 2.67 bits per heavy atom. The monoisotopic (exact) mass is 404 g/mol. The van der Waals surface area contributed by atoms with Crippen LogP contribution >= 0.6 is 0 Å². The van der Waals surface area contributed by atoms with Crippen LogP contribution in [0, 0.1) is 6.92 Å². The van der Waals surface area contributed by atoms with E-state index >= 15 is 0 Å². The van der Waals surface area contributed by atoms with Gasteiger partial charge in [-0.05, 0) is 69.4 Å². The van der Waals surface area contributed by atoms with Crippen LogP contribution in [-0.4, -0.2) is 26.2 Å². The number of imidazole rings is 1. The zero-order valence-corrected chi connectivity index (χ0v) is 17.8. The van der Waals surface area contributed by atoms with E-state index in [1.165, 1.54) is 18.5 Å². The Morgan fingerprint density at radius 2 is 1.97 bits per heavy atom. The molecule has 0 spiro atoms. The molecule has 3 aromatic rings. The highest BCUT2D eigenvalue weighted by Gasteiger charge is 2.22. The number of aryl methyl sites for hydroxylation is 2. The van der Waals surface area contributed by atoms with Crippen LogP contribution in [0.5, 0.6) is 0 Å². The average molecular weight is 405 g/mol. The summed E-state index contributed by atoms with van der Waals surface area (Å²) in [6.07, 6.45) is 7.01. The topological polar surface area (TPSA) is 79.8 Å². The molecule has 1 amide bonds. The molecule has 0 radical (unpaired) electrons. The zero-order chi connectivity index (χ0) is 21.3. The van der Waals surface area contributed by atoms with Crippen molar-refractivity contribution in [2.45, 2.75) is 59.4 Å². The van der Waals surface area contributed by atoms with Gasteiger partial charge in [0.05, 0.1) is 0 Å². The molecule has 0 saturated heterocycles. The number of amides is 1. The van der Waals surface area contributed by atoms with E-state index in [0.717, 1.165) is 42.0 Å². The number of benzene rings is 1. The van der Waals surface area contributed by atoms with E-state index in [4.69, 9.17) is 0 Å². The fourth-order valence-electron chi connectivity index (χ4n) is 4.41. The molecule has 2 N–H and O–H groups in total. The van der Waals surface area contributed by atoms with Crippen molar-refractivity contribution in [2.24, 2.45) is 0 Å². The van der Waals surface area contributed by atoms with Crippen LogP contribution < -0.4 is 5.32 Å². The van der Waals surface area contributed by atoms with Gasteiger partial charge >= 0.3 is 0 Å². The lowest BCUT2D eigenvalue weighted by atomic mass is 10.0. The number of anilines is 1. The maximum atomic E-state index is 12.9. The molecule has 6 heteroatoms. The zero-order valence-electron chi connectivity index (χ0n) is 17.8. The predicted molar refractivity (Wildman–Crippen MR) is 118 cm³/mol. The molecule has 1 aromatic carbocycles. The van der Waals surface area contributed by atoms with Crippen molar-refractivity contribution < 1.29 is 9.59 Å². The number of hydrogen-bond donors (Lipinski definition) is 2. The highest BCUT2D eigenvalue weighted by Crippen LogP contribution is 2.26. The number of carbonyl (C=O) groups is 2. The Hall–Kier alpha value is -3.15. The van der Waals surface area contributed by atoms with E-state index in [2.05, 4.69) is 19.9 Å². The summed E-state index contributed by atoms with van der Waals surface area (Å²) in [6.45, 7) is 6.44. The summed E-state index contributed by atoms with van der Waals surface area (Å²) < 4.78 is 2.29. The minimum Gasteiger partial charge on any atom is -0.354 e. The fourth-order valence-corrected chi connectivity index (χ4v) is 4.41. The van der Waals surface area contributed by atoms with Gasteiger partial charge in [-0.2, -0.15) is 0 Å². The lowest BCUT2D eigenvalue weighted by Gasteiger charge is -2.16. The molecule has 2 aromatic heterocycles. The number of hydrogen-bond acceptors (Lipinski definition) is 3. The lowest BCUT2D eigenvalue weighted by Crippen LogP contribution is -2.15. The Kier molecular flexibility index (Phi) is 5.57. The van der Waals surface area contributed by atoms with Crippen LogP contribution in [0.3, 0.4) is 0 Å². The fraction of sp³-hybridized carbons (Fsp3) is 0.375. The Labute approximate surface area is 176 Å². The van der Waals surface area contributed by atoms with Crippen molar-refractivity contribution in [1.82, 2.24) is 14.5 Å². The van der Waals surface area contributed by atoms with Gasteiger partial charge in [0.25, 0.3) is 5.91 Å². The molecule has 0 bridgehead atoms. The first-order valence-corrected chi connectivity index (χ1v) is 10.7. The number of Topliss-reactive ketones (excluding diaryl/α,β-unsaturated/α-hetero) is 1. The quantitative estimate of drug-likeness (QED) is 0.572. The highest BCUT2D eigenvalue weighted by molar-refractivity contribution is 6.07. The molecule has 156 valence electrons. The van der Waals surface area contributed by atoms with Gasteiger partial charge in [0.1, 0.15) is 11.5 Å². The van der Waals surface area contributed by atoms with Crippen molar-refractivity contribution in [1.29, 1.82) is 0 Å². The van der Waals surface area contributed by atoms with Crippen molar-refractivity contribution in [2.75, 3.05) is 5.32 Å². The molecular formula is C24H28N4O2. The van der Waals surface area contributed by atoms with Gasteiger partial charge < -0.3 is 14.9 Å². The van der Waals surface area contributed by atoms with Gasteiger partial charge in [-0.15, -0.1) is 0 Å². The number of aromatic nitrogens is 3. The van der Waals surface area contributed by atoms with E-state index < -0.39 is 0 Å². The van der Waals surface area contributed by atoms with Crippen LogP contribution in [0.4, 0.5) is 5.69 Å². The van der Waals surface area contributed by atoms with Crippen LogP contribution in [0.15, 0.2) is 30.5 Å². The molecule has 3 heterocycles. The SMILES string of the molecule is CCCc1c(C(=O)Nc2ccc(-c3ncc4n3CCCC4)cc2)[nH]c(C)c1C(C)=O. The molecule has 6 nitrogen and oxygen atoms in total. The van der Waals surface area contributed by atoms with E-state index in [1.54, 1.807) is 6.92 Å². The molecule has 0 atom stereocenters. The number of rotatable bonds is 6.